The zero-order valence-electron chi connectivity index (χ0n) is 16.7. The van der Waals surface area contributed by atoms with Crippen molar-refractivity contribution >= 4 is 11.6 Å². The molecule has 0 aliphatic heterocycles. The molecule has 2 aromatic carbocycles. The van der Waals surface area contributed by atoms with E-state index in [1.807, 2.05) is 65.6 Å². The Kier molecular flexibility index (Phi) is 4.67. The number of methoxy groups -OCH3 is 1. The first kappa shape index (κ1) is 18.4. The molecule has 0 saturated heterocycles. The molecule has 0 spiro atoms. The molecular weight excluding hydrogens is 376 g/mol. The van der Waals surface area contributed by atoms with Crippen LogP contribution in [0, 0.1) is 0 Å². The van der Waals surface area contributed by atoms with E-state index < -0.39 is 0 Å². The largest absolute Gasteiger partial charge is 0.497 e. The third kappa shape index (κ3) is 3.41. The molecule has 2 heterocycles. The van der Waals surface area contributed by atoms with E-state index in [1.54, 1.807) is 24.0 Å². The predicted molar refractivity (Wildman–Crippen MR) is 114 cm³/mol. The number of hydrogen-bond donors (Lipinski definition) is 0. The van der Waals surface area contributed by atoms with Crippen molar-refractivity contribution < 1.29 is 9.53 Å². The van der Waals surface area contributed by atoms with Crippen molar-refractivity contribution in [1.29, 1.82) is 0 Å². The number of rotatable bonds is 6. The molecule has 1 aliphatic rings. The maximum absolute atomic E-state index is 13.5. The second-order valence-electron chi connectivity index (χ2n) is 7.50. The van der Waals surface area contributed by atoms with E-state index in [4.69, 9.17) is 4.74 Å². The molecular formula is C24H22N4O2. The van der Waals surface area contributed by atoms with Crippen molar-refractivity contribution in [2.45, 2.75) is 25.4 Å². The summed E-state index contributed by atoms with van der Waals surface area (Å²) >= 11 is 0. The van der Waals surface area contributed by atoms with E-state index in [2.05, 4.69) is 10.1 Å². The van der Waals surface area contributed by atoms with Gasteiger partial charge in [-0.05, 0) is 36.6 Å². The topological polar surface area (TPSA) is 59.7 Å². The Morgan fingerprint density at radius 3 is 2.57 bits per heavy atom. The van der Waals surface area contributed by atoms with Crippen LogP contribution < -0.4 is 4.74 Å². The van der Waals surface area contributed by atoms with Crippen LogP contribution in [0.3, 0.4) is 0 Å². The molecule has 2 aromatic heterocycles. The van der Waals surface area contributed by atoms with Gasteiger partial charge in [0.15, 0.2) is 5.65 Å². The van der Waals surface area contributed by atoms with Crippen LogP contribution in [0.15, 0.2) is 73.1 Å². The normalized spacial score (nSPS) is 13.4. The first-order valence-electron chi connectivity index (χ1n) is 10.1. The maximum Gasteiger partial charge on any atom is 0.259 e. The fourth-order valence-corrected chi connectivity index (χ4v) is 3.71. The highest BCUT2D eigenvalue weighted by Crippen LogP contribution is 2.31. The summed E-state index contributed by atoms with van der Waals surface area (Å²) < 4.78 is 6.99. The number of nitrogens with zero attached hydrogens (tertiary/aromatic N) is 4. The predicted octanol–water partition coefficient (Wildman–Crippen LogP) is 4.21. The Labute approximate surface area is 174 Å². The van der Waals surface area contributed by atoms with Crippen LogP contribution in [0.4, 0.5) is 0 Å². The Morgan fingerprint density at radius 1 is 1.10 bits per heavy atom. The summed E-state index contributed by atoms with van der Waals surface area (Å²) in [5.74, 6) is 0.782. The summed E-state index contributed by atoms with van der Waals surface area (Å²) in [5, 5.41) is 4.50. The highest BCUT2D eigenvalue weighted by atomic mass is 16.5. The van der Waals surface area contributed by atoms with Crippen molar-refractivity contribution in [2.24, 2.45) is 0 Å². The summed E-state index contributed by atoms with van der Waals surface area (Å²) in [6, 6.07) is 20.0. The molecule has 1 amide bonds. The van der Waals surface area contributed by atoms with Crippen molar-refractivity contribution in [2.75, 3.05) is 7.11 Å². The number of hydrogen-bond acceptors (Lipinski definition) is 4. The van der Waals surface area contributed by atoms with Crippen LogP contribution in [0.25, 0.3) is 16.9 Å². The zero-order valence-corrected chi connectivity index (χ0v) is 16.7. The summed E-state index contributed by atoms with van der Waals surface area (Å²) in [6.07, 6.45) is 5.44. The Bertz CT molecular complexity index is 1180. The van der Waals surface area contributed by atoms with Crippen LogP contribution >= 0.6 is 0 Å². The molecule has 30 heavy (non-hydrogen) atoms. The minimum atomic E-state index is -0.0268. The van der Waals surface area contributed by atoms with Gasteiger partial charge < -0.3 is 9.64 Å². The van der Waals surface area contributed by atoms with Gasteiger partial charge in [-0.3, -0.25) is 4.79 Å². The lowest BCUT2D eigenvalue weighted by Crippen LogP contribution is -2.32. The molecule has 0 radical (unpaired) electrons. The fourth-order valence-electron chi connectivity index (χ4n) is 3.71. The van der Waals surface area contributed by atoms with Crippen LogP contribution in [-0.4, -0.2) is 38.6 Å². The number of benzene rings is 2. The Balaban J connectivity index is 1.48. The molecule has 0 N–H and O–H groups in total. The Morgan fingerprint density at radius 2 is 1.87 bits per heavy atom. The number of fused-ring (bicyclic) bond motifs is 1. The van der Waals surface area contributed by atoms with Crippen molar-refractivity contribution in [3.8, 4) is 17.0 Å². The molecule has 0 unspecified atom stereocenters. The van der Waals surface area contributed by atoms with Crippen LogP contribution in [0.2, 0.25) is 0 Å². The minimum absolute atomic E-state index is 0.0268. The SMILES string of the molecule is COc1ccc(CN(C(=O)c2cnn3c(-c4ccccc4)ccnc23)C2CC2)cc1. The number of amides is 1. The highest BCUT2D eigenvalue weighted by Gasteiger charge is 2.34. The van der Waals surface area contributed by atoms with Gasteiger partial charge in [0.05, 0.1) is 19.0 Å². The van der Waals surface area contributed by atoms with Crippen LogP contribution in [0.5, 0.6) is 5.75 Å². The van der Waals surface area contributed by atoms with E-state index >= 15 is 0 Å². The molecule has 5 rings (SSSR count). The minimum Gasteiger partial charge on any atom is -0.497 e. The standard InChI is InChI=1S/C24H22N4O2/c1-30-20-11-7-17(8-12-20)16-27(19-9-10-19)24(29)21-15-26-28-22(13-14-25-23(21)28)18-5-3-2-4-6-18/h2-8,11-15,19H,9-10,16H2,1H3. The number of aromatic nitrogens is 3. The zero-order chi connectivity index (χ0) is 20.5. The lowest BCUT2D eigenvalue weighted by molar-refractivity contribution is 0.0731. The number of carbonyl (C=O) groups is 1. The highest BCUT2D eigenvalue weighted by molar-refractivity contribution is 6.00. The van der Waals surface area contributed by atoms with Gasteiger partial charge in [-0.15, -0.1) is 0 Å². The van der Waals surface area contributed by atoms with Gasteiger partial charge in [-0.25, -0.2) is 9.50 Å². The molecule has 6 nitrogen and oxygen atoms in total. The van der Waals surface area contributed by atoms with E-state index in [0.29, 0.717) is 17.8 Å². The average Bonchev–Trinajstić information content (AvgIpc) is 3.55. The van der Waals surface area contributed by atoms with Crippen molar-refractivity contribution in [1.82, 2.24) is 19.5 Å². The van der Waals surface area contributed by atoms with E-state index in [-0.39, 0.29) is 11.9 Å². The van der Waals surface area contributed by atoms with Gasteiger partial charge in [-0.2, -0.15) is 5.10 Å². The van der Waals surface area contributed by atoms with Gasteiger partial charge in [0.25, 0.3) is 5.91 Å². The summed E-state index contributed by atoms with van der Waals surface area (Å²) in [6.45, 7) is 0.559. The molecule has 4 aromatic rings. The monoisotopic (exact) mass is 398 g/mol. The molecule has 150 valence electrons. The molecule has 1 fully saturated rings. The third-order valence-corrected chi connectivity index (χ3v) is 5.46. The van der Waals surface area contributed by atoms with E-state index in [0.717, 1.165) is 35.4 Å². The van der Waals surface area contributed by atoms with Crippen LogP contribution in [0.1, 0.15) is 28.8 Å². The first-order chi connectivity index (χ1) is 14.7. The summed E-state index contributed by atoms with van der Waals surface area (Å²) in [5.41, 5.74) is 4.14. The first-order valence-corrected chi connectivity index (χ1v) is 10.1. The smallest absolute Gasteiger partial charge is 0.259 e. The van der Waals surface area contributed by atoms with Gasteiger partial charge in [0.2, 0.25) is 0 Å². The average molecular weight is 398 g/mol. The van der Waals surface area contributed by atoms with Gasteiger partial charge >= 0.3 is 0 Å². The lowest BCUT2D eigenvalue weighted by Gasteiger charge is -2.22. The van der Waals surface area contributed by atoms with Gasteiger partial charge in [0.1, 0.15) is 11.3 Å². The molecule has 0 bridgehead atoms. The summed E-state index contributed by atoms with van der Waals surface area (Å²) in [7, 11) is 1.65. The van der Waals surface area contributed by atoms with Crippen molar-refractivity contribution in [3.05, 3.63) is 84.2 Å². The lowest BCUT2D eigenvalue weighted by atomic mass is 10.1. The molecule has 1 aliphatic carbocycles. The molecule has 6 heteroatoms. The van der Waals surface area contributed by atoms with E-state index in [9.17, 15) is 4.79 Å². The van der Waals surface area contributed by atoms with Gasteiger partial charge in [0, 0.05) is 24.3 Å². The second kappa shape index (κ2) is 7.63. The second-order valence-corrected chi connectivity index (χ2v) is 7.50. The third-order valence-electron chi connectivity index (χ3n) is 5.46. The van der Waals surface area contributed by atoms with Gasteiger partial charge in [-0.1, -0.05) is 42.5 Å². The molecule has 0 atom stereocenters. The van der Waals surface area contributed by atoms with Crippen molar-refractivity contribution in [3.63, 3.8) is 0 Å². The number of ether oxygens (including phenoxy) is 1. The molecule has 1 saturated carbocycles. The maximum atomic E-state index is 13.5. The summed E-state index contributed by atoms with van der Waals surface area (Å²) in [4.78, 5) is 19.9. The van der Waals surface area contributed by atoms with Crippen LogP contribution in [-0.2, 0) is 6.54 Å². The Hall–Kier alpha value is -3.67. The number of carbonyl (C=O) groups excluding carboxylic acids is 1. The van der Waals surface area contributed by atoms with E-state index in [1.165, 1.54) is 0 Å². The fraction of sp³-hybridized carbons (Fsp3) is 0.208. The quantitative estimate of drug-likeness (QED) is 0.488.